The van der Waals surface area contributed by atoms with Gasteiger partial charge in [-0.15, -0.1) is 0 Å². The molecule has 0 fully saturated rings. The normalized spacial score (nSPS) is 13.3. The number of hydrogen-bond acceptors (Lipinski definition) is 3. The second-order valence-corrected chi connectivity index (χ2v) is 6.82. The fourth-order valence-electron chi connectivity index (χ4n) is 3.09. The van der Waals surface area contributed by atoms with E-state index in [1.807, 2.05) is 42.6 Å². The molecule has 4 rings (SSSR count). The van der Waals surface area contributed by atoms with Gasteiger partial charge in [-0.05, 0) is 23.8 Å². The Kier molecular flexibility index (Phi) is 4.51. The fraction of sp³-hybridized carbons (Fsp3) is 0.150. The molecular formula is C20H17Cl2N3. The van der Waals surface area contributed by atoms with Gasteiger partial charge in [-0.25, -0.2) is 4.98 Å². The molecule has 0 saturated heterocycles. The van der Waals surface area contributed by atoms with E-state index in [0.717, 1.165) is 41.3 Å². The predicted molar refractivity (Wildman–Crippen MR) is 106 cm³/mol. The second-order valence-electron chi connectivity index (χ2n) is 6.01. The van der Waals surface area contributed by atoms with Gasteiger partial charge >= 0.3 is 0 Å². The molecule has 3 nitrogen and oxygen atoms in total. The summed E-state index contributed by atoms with van der Waals surface area (Å²) < 4.78 is 0. The molecule has 5 heteroatoms. The van der Waals surface area contributed by atoms with Gasteiger partial charge in [-0.1, -0.05) is 59.6 Å². The van der Waals surface area contributed by atoms with Gasteiger partial charge in [0.1, 0.15) is 5.82 Å². The number of nitrogens with one attached hydrogen (secondary N) is 1. The first-order valence-corrected chi connectivity index (χ1v) is 8.95. The van der Waals surface area contributed by atoms with Crippen molar-refractivity contribution in [2.24, 2.45) is 0 Å². The maximum atomic E-state index is 6.36. The molecule has 1 aromatic heterocycles. The van der Waals surface area contributed by atoms with Crippen molar-refractivity contribution in [3.8, 4) is 11.1 Å². The topological polar surface area (TPSA) is 28.2 Å². The molecular weight excluding hydrogens is 353 g/mol. The van der Waals surface area contributed by atoms with Gasteiger partial charge in [0.2, 0.25) is 0 Å². The summed E-state index contributed by atoms with van der Waals surface area (Å²) in [5, 5.41) is 4.76. The zero-order valence-electron chi connectivity index (χ0n) is 13.5. The van der Waals surface area contributed by atoms with Crippen LogP contribution in [-0.2, 0) is 6.54 Å². The minimum atomic E-state index is 0.660. The van der Waals surface area contributed by atoms with E-state index in [4.69, 9.17) is 23.2 Å². The Morgan fingerprint density at radius 3 is 2.48 bits per heavy atom. The van der Waals surface area contributed by atoms with Crippen LogP contribution >= 0.6 is 23.2 Å². The average molecular weight is 370 g/mol. The van der Waals surface area contributed by atoms with Crippen LogP contribution in [0.25, 0.3) is 11.1 Å². The summed E-state index contributed by atoms with van der Waals surface area (Å²) in [6.07, 6.45) is 1.91. The summed E-state index contributed by atoms with van der Waals surface area (Å²) in [5.74, 6) is 0.897. The molecule has 25 heavy (non-hydrogen) atoms. The van der Waals surface area contributed by atoms with E-state index in [2.05, 4.69) is 33.4 Å². The van der Waals surface area contributed by atoms with Crippen molar-refractivity contribution in [3.63, 3.8) is 0 Å². The van der Waals surface area contributed by atoms with Crippen LogP contribution in [0.1, 0.15) is 5.56 Å². The van der Waals surface area contributed by atoms with E-state index >= 15 is 0 Å². The number of pyridine rings is 1. The lowest BCUT2D eigenvalue weighted by atomic mass is 10.1. The third kappa shape index (κ3) is 3.30. The molecule has 0 bridgehead atoms. The number of anilines is 2. The first kappa shape index (κ1) is 16.2. The summed E-state index contributed by atoms with van der Waals surface area (Å²) in [6.45, 7) is 2.37. The lowest BCUT2D eigenvalue weighted by Crippen LogP contribution is -2.34. The highest BCUT2D eigenvalue weighted by molar-refractivity contribution is 6.36. The molecule has 2 aromatic carbocycles. The number of rotatable bonds is 3. The van der Waals surface area contributed by atoms with Crippen LogP contribution in [-0.4, -0.2) is 18.1 Å². The lowest BCUT2D eigenvalue weighted by Gasteiger charge is -2.32. The zero-order chi connectivity index (χ0) is 17.2. The molecule has 1 aliphatic heterocycles. The Morgan fingerprint density at radius 2 is 1.72 bits per heavy atom. The Labute approximate surface area is 157 Å². The SMILES string of the molecule is Clc1cccc(Cl)c1CN1CCNc2ncc(-c3ccccc3)cc21. The number of hydrogen-bond donors (Lipinski definition) is 1. The predicted octanol–water partition coefficient (Wildman–Crippen LogP) is 5.49. The molecule has 3 aromatic rings. The van der Waals surface area contributed by atoms with Gasteiger partial charge in [0.05, 0.1) is 5.69 Å². The lowest BCUT2D eigenvalue weighted by molar-refractivity contribution is 0.781. The Morgan fingerprint density at radius 1 is 0.960 bits per heavy atom. The molecule has 1 aliphatic rings. The second kappa shape index (κ2) is 6.95. The van der Waals surface area contributed by atoms with Gasteiger partial charge in [0, 0.05) is 47.0 Å². The van der Waals surface area contributed by atoms with E-state index in [1.165, 1.54) is 0 Å². The van der Waals surface area contributed by atoms with Crippen LogP contribution in [0, 0.1) is 0 Å². The smallest absolute Gasteiger partial charge is 0.149 e. The molecule has 0 saturated carbocycles. The number of benzene rings is 2. The van der Waals surface area contributed by atoms with Crippen molar-refractivity contribution in [3.05, 3.63) is 76.4 Å². The van der Waals surface area contributed by atoms with Crippen molar-refractivity contribution < 1.29 is 0 Å². The minimum absolute atomic E-state index is 0.660. The van der Waals surface area contributed by atoms with Crippen molar-refractivity contribution in [1.82, 2.24) is 4.98 Å². The van der Waals surface area contributed by atoms with Crippen LogP contribution in [0.3, 0.4) is 0 Å². The molecule has 0 atom stereocenters. The summed E-state index contributed by atoms with van der Waals surface area (Å²) in [6, 6.07) is 18.1. The van der Waals surface area contributed by atoms with Crippen molar-refractivity contribution in [1.29, 1.82) is 0 Å². The molecule has 0 unspecified atom stereocenters. The van der Waals surface area contributed by atoms with E-state index < -0.39 is 0 Å². The zero-order valence-corrected chi connectivity index (χ0v) is 15.1. The van der Waals surface area contributed by atoms with Crippen molar-refractivity contribution >= 4 is 34.7 Å². The van der Waals surface area contributed by atoms with Crippen LogP contribution in [0.5, 0.6) is 0 Å². The van der Waals surface area contributed by atoms with Gasteiger partial charge < -0.3 is 10.2 Å². The molecule has 0 radical (unpaired) electrons. The van der Waals surface area contributed by atoms with Crippen molar-refractivity contribution in [2.45, 2.75) is 6.54 Å². The Bertz CT molecular complexity index is 876. The van der Waals surface area contributed by atoms with Crippen LogP contribution in [0.2, 0.25) is 10.0 Å². The van der Waals surface area contributed by atoms with Gasteiger partial charge in [0.15, 0.2) is 0 Å². The molecule has 2 heterocycles. The maximum Gasteiger partial charge on any atom is 0.149 e. The van der Waals surface area contributed by atoms with E-state index in [0.29, 0.717) is 16.6 Å². The van der Waals surface area contributed by atoms with Crippen LogP contribution < -0.4 is 10.2 Å². The van der Waals surface area contributed by atoms with E-state index in [-0.39, 0.29) is 0 Å². The Hall–Kier alpha value is -2.23. The molecule has 0 aliphatic carbocycles. The third-order valence-corrected chi connectivity index (χ3v) is 5.11. The molecule has 126 valence electrons. The third-order valence-electron chi connectivity index (χ3n) is 4.40. The van der Waals surface area contributed by atoms with Gasteiger partial charge in [0.25, 0.3) is 0 Å². The molecule has 1 N–H and O–H groups in total. The molecule has 0 amide bonds. The highest BCUT2D eigenvalue weighted by Gasteiger charge is 2.20. The van der Waals surface area contributed by atoms with Gasteiger partial charge in [-0.2, -0.15) is 0 Å². The summed E-state index contributed by atoms with van der Waals surface area (Å²) in [7, 11) is 0. The van der Waals surface area contributed by atoms with E-state index in [1.54, 1.807) is 0 Å². The number of aromatic nitrogens is 1. The average Bonchev–Trinajstić information content (AvgIpc) is 2.65. The standard InChI is InChI=1S/C20H17Cl2N3/c21-17-7-4-8-18(22)16(17)13-25-10-9-23-20-19(25)11-15(12-24-20)14-5-2-1-3-6-14/h1-8,11-12H,9-10,13H2,(H,23,24). The quantitative estimate of drug-likeness (QED) is 0.661. The van der Waals surface area contributed by atoms with E-state index in [9.17, 15) is 0 Å². The first-order chi connectivity index (χ1) is 12.2. The summed E-state index contributed by atoms with van der Waals surface area (Å²) >= 11 is 12.7. The fourth-order valence-corrected chi connectivity index (χ4v) is 3.60. The minimum Gasteiger partial charge on any atom is -0.367 e. The van der Waals surface area contributed by atoms with Crippen LogP contribution in [0.4, 0.5) is 11.5 Å². The maximum absolute atomic E-state index is 6.36. The van der Waals surface area contributed by atoms with Crippen LogP contribution in [0.15, 0.2) is 60.8 Å². The largest absolute Gasteiger partial charge is 0.367 e. The monoisotopic (exact) mass is 369 g/mol. The van der Waals surface area contributed by atoms with Crippen molar-refractivity contribution in [2.75, 3.05) is 23.3 Å². The number of halogens is 2. The summed E-state index contributed by atoms with van der Waals surface area (Å²) in [5.41, 5.74) is 4.27. The first-order valence-electron chi connectivity index (χ1n) is 8.19. The number of fused-ring (bicyclic) bond motifs is 1. The highest BCUT2D eigenvalue weighted by atomic mass is 35.5. The molecule has 0 spiro atoms. The summed E-state index contributed by atoms with van der Waals surface area (Å²) in [4.78, 5) is 6.89. The number of nitrogens with zero attached hydrogens (tertiary/aromatic N) is 2. The Balaban J connectivity index is 1.71. The highest BCUT2D eigenvalue weighted by Crippen LogP contribution is 2.34. The van der Waals surface area contributed by atoms with Gasteiger partial charge in [-0.3, -0.25) is 0 Å².